The van der Waals surface area contributed by atoms with E-state index in [1.807, 2.05) is 103 Å². The molecule has 0 fully saturated rings. The van der Waals surface area contributed by atoms with Crippen molar-refractivity contribution in [2.24, 2.45) is 0 Å². The van der Waals surface area contributed by atoms with Gasteiger partial charge in [0.15, 0.2) is 0 Å². The second-order valence-electron chi connectivity index (χ2n) is 10.8. The Labute approximate surface area is 307 Å². The van der Waals surface area contributed by atoms with Crippen LogP contribution in [0.2, 0.25) is 0 Å². The van der Waals surface area contributed by atoms with Gasteiger partial charge in [-0.25, -0.2) is 0 Å². The van der Waals surface area contributed by atoms with Crippen molar-refractivity contribution < 1.29 is 25.5 Å². The molecule has 0 aliphatic heterocycles. The van der Waals surface area contributed by atoms with Gasteiger partial charge in [-0.15, -0.1) is 0 Å². The molecule has 0 radical (unpaired) electrons. The van der Waals surface area contributed by atoms with Gasteiger partial charge in [-0.05, 0) is 47.1 Å². The Morgan fingerprint density at radius 2 is 0.776 bits per heavy atom. The molecule has 0 heterocycles. The standard InChI is InChI=1S/C20H17OP.C19H17P.C6H5.Pd/c21-20(17-10-4-1-5-11-17)16-22(18-12-6-2-7-13-18)19-14-8-3-9-15-19;1-20(17-11-5-2-6-12-17,18-13-7-3-8-14-18)19-15-9-4-10-16-19;1-2-4-6-5-3-1;/h1-16,21H;2-16H,1H2;1-5H;/q;;-1;/b20-16-;;;. The Morgan fingerprint density at radius 3 is 1.08 bits per heavy atom. The molecule has 7 aromatic carbocycles. The molecule has 0 amide bonds. The van der Waals surface area contributed by atoms with E-state index in [2.05, 4.69) is 121 Å². The van der Waals surface area contributed by atoms with Crippen molar-refractivity contribution in [3.63, 3.8) is 0 Å². The molecule has 0 aromatic heterocycles. The summed E-state index contributed by atoms with van der Waals surface area (Å²) in [5, 5.41) is 16.9. The average Bonchev–Trinajstić information content (AvgIpc) is 3.20. The van der Waals surface area contributed by atoms with Crippen LogP contribution in [0.5, 0.6) is 0 Å². The van der Waals surface area contributed by atoms with Crippen molar-refractivity contribution in [2.75, 3.05) is 0 Å². The molecular weight excluding hydrogens is 725 g/mol. The van der Waals surface area contributed by atoms with Crippen molar-refractivity contribution in [3.05, 3.63) is 230 Å². The Kier molecular flexibility index (Phi) is 15.3. The molecule has 7 aromatic rings. The van der Waals surface area contributed by atoms with Gasteiger partial charge in [-0.2, -0.15) is 36.4 Å². The van der Waals surface area contributed by atoms with Gasteiger partial charge in [0.05, 0.1) is 0 Å². The second-order valence-corrected chi connectivity index (χ2v) is 16.0. The summed E-state index contributed by atoms with van der Waals surface area (Å²) in [5.41, 5.74) is 0.849. The molecule has 49 heavy (non-hydrogen) atoms. The molecule has 0 bridgehead atoms. The maximum absolute atomic E-state index is 10.5. The molecule has 4 heteroatoms. The first-order valence-corrected chi connectivity index (χ1v) is 19.2. The van der Waals surface area contributed by atoms with E-state index in [-0.39, 0.29) is 20.4 Å². The molecule has 0 aliphatic rings. The molecular formula is C45H39OP2Pd-. The van der Waals surface area contributed by atoms with Crippen molar-refractivity contribution in [3.8, 4) is 0 Å². The Morgan fingerprint density at radius 1 is 0.469 bits per heavy atom. The number of benzene rings is 7. The molecule has 7 rings (SSSR count). The molecule has 0 aliphatic carbocycles. The van der Waals surface area contributed by atoms with Gasteiger partial charge in [0.25, 0.3) is 0 Å². The summed E-state index contributed by atoms with van der Waals surface area (Å²) in [4.78, 5) is 0. The van der Waals surface area contributed by atoms with Gasteiger partial charge in [-0.3, -0.25) is 0 Å². The number of aliphatic hydroxyl groups is 1. The van der Waals surface area contributed by atoms with Crippen LogP contribution in [0.4, 0.5) is 0 Å². The first-order valence-electron chi connectivity index (χ1n) is 15.8. The fraction of sp³-hybridized carbons (Fsp3) is 0. The topological polar surface area (TPSA) is 20.2 Å². The second kappa shape index (κ2) is 20.1. The first-order chi connectivity index (χ1) is 23.7. The summed E-state index contributed by atoms with van der Waals surface area (Å²) in [6.45, 7) is -1.78. The zero-order chi connectivity index (χ0) is 33.3. The van der Waals surface area contributed by atoms with E-state index >= 15 is 0 Å². The minimum absolute atomic E-state index is 0. The Balaban J connectivity index is 0.000000186. The Bertz CT molecular complexity index is 1800. The number of aliphatic hydroxyl groups excluding tert-OH is 1. The molecule has 246 valence electrons. The summed E-state index contributed by atoms with van der Waals surface area (Å²) in [6.07, 6.45) is 4.69. The van der Waals surface area contributed by atoms with E-state index in [9.17, 15) is 5.11 Å². The van der Waals surface area contributed by atoms with Crippen molar-refractivity contribution in [1.29, 1.82) is 0 Å². The maximum atomic E-state index is 10.5. The van der Waals surface area contributed by atoms with Crippen LogP contribution >= 0.6 is 14.8 Å². The largest absolute Gasteiger partial charge is 0.507 e. The van der Waals surface area contributed by atoms with Crippen LogP contribution in [0.25, 0.3) is 5.76 Å². The number of rotatable bonds is 7. The van der Waals surface area contributed by atoms with Crippen LogP contribution in [0, 0.1) is 6.07 Å². The first kappa shape index (κ1) is 37.3. The van der Waals surface area contributed by atoms with Crippen molar-refractivity contribution in [1.82, 2.24) is 0 Å². The van der Waals surface area contributed by atoms with Gasteiger partial charge < -0.3 is 5.11 Å². The van der Waals surface area contributed by atoms with E-state index in [4.69, 9.17) is 6.30 Å². The van der Waals surface area contributed by atoms with E-state index < -0.39 is 14.8 Å². The summed E-state index contributed by atoms with van der Waals surface area (Å²) in [6, 6.07) is 74.8. The van der Waals surface area contributed by atoms with Crippen LogP contribution in [0.3, 0.4) is 0 Å². The summed E-state index contributed by atoms with van der Waals surface area (Å²) < 4.78 is 0. The molecule has 1 N–H and O–H groups in total. The van der Waals surface area contributed by atoms with Crippen LogP contribution in [0.15, 0.2) is 218 Å². The van der Waals surface area contributed by atoms with Crippen LogP contribution in [0.1, 0.15) is 5.56 Å². The number of hydrogen-bond acceptors (Lipinski definition) is 1. The SMILES string of the molecule is C=P(c1ccccc1)(c1ccccc1)c1ccccc1.O/C(=C\P(c1ccccc1)c1ccccc1)c1ccccc1.[Pd].[c-]1ccccc1. The van der Waals surface area contributed by atoms with E-state index in [1.54, 1.807) is 0 Å². The van der Waals surface area contributed by atoms with E-state index in [0.29, 0.717) is 5.76 Å². The molecule has 0 saturated heterocycles. The van der Waals surface area contributed by atoms with Crippen LogP contribution in [-0.2, 0) is 20.4 Å². The predicted octanol–water partition coefficient (Wildman–Crippen LogP) is 9.57. The normalized spacial score (nSPS) is 10.8. The molecule has 0 spiro atoms. The summed E-state index contributed by atoms with van der Waals surface area (Å²) in [7, 11) is -0.726. The Hall–Kier alpha value is -4.53. The smallest absolute Gasteiger partial charge is 0.123 e. The molecule has 0 saturated carbocycles. The fourth-order valence-electron chi connectivity index (χ4n) is 5.12. The third-order valence-corrected chi connectivity index (χ3v) is 13.3. The molecule has 0 unspecified atom stereocenters. The summed E-state index contributed by atoms with van der Waals surface area (Å²) >= 11 is 0. The minimum Gasteiger partial charge on any atom is -0.507 e. The minimum atomic E-state index is -1.78. The monoisotopic (exact) mass is 763 g/mol. The zero-order valence-corrected chi connectivity index (χ0v) is 30.5. The van der Waals surface area contributed by atoms with Crippen molar-refractivity contribution >= 4 is 53.4 Å². The van der Waals surface area contributed by atoms with Gasteiger partial charge in [0, 0.05) is 26.0 Å². The van der Waals surface area contributed by atoms with Gasteiger partial charge in [-0.1, -0.05) is 188 Å². The van der Waals surface area contributed by atoms with E-state index in [0.717, 1.165) is 5.56 Å². The summed E-state index contributed by atoms with van der Waals surface area (Å²) in [5.74, 6) is 2.31. The molecule has 0 atom stereocenters. The third kappa shape index (κ3) is 10.7. The van der Waals surface area contributed by atoms with Gasteiger partial charge in [0.1, 0.15) is 5.76 Å². The zero-order valence-electron chi connectivity index (χ0n) is 27.1. The van der Waals surface area contributed by atoms with Crippen LogP contribution in [-0.4, -0.2) is 11.4 Å². The maximum Gasteiger partial charge on any atom is 0.123 e. The fourth-order valence-corrected chi connectivity index (χ4v) is 10.0. The van der Waals surface area contributed by atoms with Crippen molar-refractivity contribution in [2.45, 2.75) is 0 Å². The predicted molar refractivity (Wildman–Crippen MR) is 214 cm³/mol. The molecule has 1 nitrogen and oxygen atoms in total. The third-order valence-electron chi connectivity index (χ3n) is 7.59. The average molecular weight is 764 g/mol. The van der Waals surface area contributed by atoms with E-state index in [1.165, 1.54) is 26.5 Å². The van der Waals surface area contributed by atoms with Gasteiger partial charge >= 0.3 is 0 Å². The number of hydrogen-bond donors (Lipinski definition) is 1. The van der Waals surface area contributed by atoms with Crippen LogP contribution < -0.4 is 26.5 Å². The van der Waals surface area contributed by atoms with Gasteiger partial charge in [0.2, 0.25) is 0 Å². The quantitative estimate of drug-likeness (QED) is 0.0743.